The molecule has 0 bridgehead atoms. The van der Waals surface area contributed by atoms with E-state index in [-0.39, 0.29) is 31.1 Å². The number of aliphatic hydroxyl groups excluding tert-OH is 4. The van der Waals surface area contributed by atoms with Crippen LogP contribution in [0.3, 0.4) is 0 Å². The van der Waals surface area contributed by atoms with Gasteiger partial charge in [-0.05, 0) is 0 Å². The Morgan fingerprint density at radius 1 is 0.917 bits per heavy atom. The third kappa shape index (κ3) is 7.83. The van der Waals surface area contributed by atoms with E-state index >= 15 is 0 Å². The molecule has 0 aliphatic rings. The van der Waals surface area contributed by atoms with Gasteiger partial charge in [0.1, 0.15) is 12.2 Å². The summed E-state index contributed by atoms with van der Waals surface area (Å²) in [7, 11) is 0. The van der Waals surface area contributed by atoms with Crippen LogP contribution < -0.4 is 0 Å². The van der Waals surface area contributed by atoms with Crippen LogP contribution >= 0.6 is 0 Å². The Labute approximate surface area is 69.6 Å². The van der Waals surface area contributed by atoms with E-state index in [1.54, 1.807) is 0 Å². The molecule has 0 aromatic carbocycles. The highest BCUT2D eigenvalue weighted by Gasteiger charge is 2.04. The number of rotatable bonds is 6. The highest BCUT2D eigenvalue weighted by molar-refractivity contribution is 4.52. The zero-order chi connectivity index (χ0) is 8.69. The van der Waals surface area contributed by atoms with Crippen LogP contribution in [0, 0.1) is 0 Å². The molecule has 0 heterocycles. The predicted octanol–water partition coefficient (Wildman–Crippen LogP) is -2.14. The van der Waals surface area contributed by atoms with Gasteiger partial charge >= 0.3 is 0 Å². The Hall–Kier alpha value is -0.270. The summed E-state index contributed by atoms with van der Waals surface area (Å²) in [6.45, 7) is -0.800. The van der Waals surface area contributed by atoms with E-state index in [1.807, 2.05) is 0 Å². The largest absolute Gasteiger partial charge is 0.394 e. The number of aliphatic hydroxyl groups is 4. The Morgan fingerprint density at radius 2 is 1.25 bits per heavy atom. The van der Waals surface area contributed by atoms with Crippen molar-refractivity contribution in [3.8, 4) is 0 Å². The fourth-order valence-electron chi connectivity index (χ4n) is 0.446. The normalized spacial score (nSPS) is 15.0. The molecular formula is C6H15FO5. The minimum atomic E-state index is -0.916. The Morgan fingerprint density at radius 3 is 1.50 bits per heavy atom. The molecule has 0 radical (unpaired) electrons. The standard InChI is InChI=1S/C6H14O5.FH/c7-1-5(9)3-11-4-6(10)2-8;/h5-10H,1-4H2;1H. The van der Waals surface area contributed by atoms with Crippen LogP contribution in [0.1, 0.15) is 0 Å². The van der Waals surface area contributed by atoms with Crippen molar-refractivity contribution < 1.29 is 29.9 Å². The van der Waals surface area contributed by atoms with Crippen molar-refractivity contribution in [2.75, 3.05) is 26.4 Å². The van der Waals surface area contributed by atoms with Crippen LogP contribution in [0.2, 0.25) is 0 Å². The summed E-state index contributed by atoms with van der Waals surface area (Å²) in [5, 5.41) is 34.1. The monoisotopic (exact) mass is 186 g/mol. The molecule has 6 heteroatoms. The molecule has 0 aromatic heterocycles. The third-order valence-corrected chi connectivity index (χ3v) is 1.04. The maximum Gasteiger partial charge on any atom is 0.100 e. The summed E-state index contributed by atoms with van der Waals surface area (Å²) < 4.78 is 4.72. The Bertz CT molecular complexity index is 82.0. The van der Waals surface area contributed by atoms with Crippen LogP contribution in [0.5, 0.6) is 0 Å². The highest BCUT2D eigenvalue weighted by Crippen LogP contribution is 1.87. The second kappa shape index (κ2) is 8.82. The fraction of sp³-hybridized carbons (Fsp3) is 1.00. The van der Waals surface area contributed by atoms with Crippen molar-refractivity contribution in [3.63, 3.8) is 0 Å². The first kappa shape index (κ1) is 14.3. The first-order valence-corrected chi connectivity index (χ1v) is 3.36. The summed E-state index contributed by atoms with van der Waals surface area (Å²) in [5.74, 6) is 0. The molecule has 2 unspecified atom stereocenters. The summed E-state index contributed by atoms with van der Waals surface area (Å²) in [5.41, 5.74) is 0. The second-order valence-corrected chi connectivity index (χ2v) is 2.21. The molecule has 0 amide bonds. The molecule has 0 aliphatic heterocycles. The van der Waals surface area contributed by atoms with Gasteiger partial charge in [0.15, 0.2) is 0 Å². The van der Waals surface area contributed by atoms with Crippen LogP contribution in [-0.2, 0) is 4.74 Å². The van der Waals surface area contributed by atoms with Gasteiger partial charge in [0.2, 0.25) is 0 Å². The van der Waals surface area contributed by atoms with Crippen molar-refractivity contribution in [1.29, 1.82) is 0 Å². The smallest absolute Gasteiger partial charge is 0.100 e. The van der Waals surface area contributed by atoms with Crippen LogP contribution in [0.15, 0.2) is 0 Å². The van der Waals surface area contributed by atoms with E-state index in [0.29, 0.717) is 0 Å². The van der Waals surface area contributed by atoms with Gasteiger partial charge in [-0.25, -0.2) is 0 Å². The molecule has 0 saturated heterocycles. The van der Waals surface area contributed by atoms with Crippen LogP contribution in [-0.4, -0.2) is 59.1 Å². The second-order valence-electron chi connectivity index (χ2n) is 2.21. The third-order valence-electron chi connectivity index (χ3n) is 1.04. The summed E-state index contributed by atoms with van der Waals surface area (Å²) in [4.78, 5) is 0. The summed E-state index contributed by atoms with van der Waals surface area (Å²) in [6, 6.07) is 0. The average molecular weight is 186 g/mol. The molecule has 12 heavy (non-hydrogen) atoms. The maximum atomic E-state index is 8.72. The van der Waals surface area contributed by atoms with Gasteiger partial charge in [0.25, 0.3) is 0 Å². The zero-order valence-electron chi connectivity index (χ0n) is 6.59. The molecule has 5 nitrogen and oxygen atoms in total. The Balaban J connectivity index is 0. The van der Waals surface area contributed by atoms with Crippen LogP contribution in [0.4, 0.5) is 4.70 Å². The van der Waals surface area contributed by atoms with Crippen molar-refractivity contribution in [1.82, 2.24) is 0 Å². The van der Waals surface area contributed by atoms with E-state index in [2.05, 4.69) is 0 Å². The SMILES string of the molecule is F.OCC(O)COCC(O)CO. The van der Waals surface area contributed by atoms with Gasteiger partial charge in [0.05, 0.1) is 26.4 Å². The summed E-state index contributed by atoms with van der Waals surface area (Å²) in [6.07, 6.45) is -1.83. The van der Waals surface area contributed by atoms with Gasteiger partial charge in [-0.1, -0.05) is 0 Å². The molecular weight excluding hydrogens is 171 g/mol. The van der Waals surface area contributed by atoms with Crippen molar-refractivity contribution in [2.24, 2.45) is 0 Å². The van der Waals surface area contributed by atoms with Gasteiger partial charge in [-0.15, -0.1) is 0 Å². The number of hydrogen-bond acceptors (Lipinski definition) is 5. The first-order chi connectivity index (χ1) is 5.20. The van der Waals surface area contributed by atoms with E-state index < -0.39 is 12.2 Å². The van der Waals surface area contributed by atoms with Gasteiger partial charge in [-0.3, -0.25) is 4.70 Å². The minimum Gasteiger partial charge on any atom is -0.394 e. The lowest BCUT2D eigenvalue weighted by atomic mass is 10.4. The lowest BCUT2D eigenvalue weighted by Crippen LogP contribution is -2.25. The zero-order valence-corrected chi connectivity index (χ0v) is 6.59. The fourth-order valence-corrected chi connectivity index (χ4v) is 0.446. The maximum absolute atomic E-state index is 8.72. The van der Waals surface area contributed by atoms with E-state index in [9.17, 15) is 0 Å². The molecule has 76 valence electrons. The molecule has 0 aliphatic carbocycles. The quantitative estimate of drug-likeness (QED) is 0.380. The van der Waals surface area contributed by atoms with Crippen molar-refractivity contribution in [2.45, 2.75) is 12.2 Å². The van der Waals surface area contributed by atoms with Crippen LogP contribution in [0.25, 0.3) is 0 Å². The molecule has 2 atom stereocenters. The van der Waals surface area contributed by atoms with Gasteiger partial charge in [0, 0.05) is 0 Å². The lowest BCUT2D eigenvalue weighted by Gasteiger charge is -2.10. The lowest BCUT2D eigenvalue weighted by molar-refractivity contribution is -0.0364. The van der Waals surface area contributed by atoms with E-state index in [1.165, 1.54) is 0 Å². The molecule has 0 fully saturated rings. The summed E-state index contributed by atoms with van der Waals surface area (Å²) >= 11 is 0. The molecule has 0 saturated carbocycles. The topological polar surface area (TPSA) is 90.2 Å². The molecule has 4 N–H and O–H groups in total. The molecule has 0 spiro atoms. The van der Waals surface area contributed by atoms with E-state index in [4.69, 9.17) is 25.2 Å². The highest BCUT2D eigenvalue weighted by atomic mass is 19.0. The number of halogens is 1. The first-order valence-electron chi connectivity index (χ1n) is 3.36. The van der Waals surface area contributed by atoms with Crippen molar-refractivity contribution >= 4 is 0 Å². The minimum absolute atomic E-state index is 0. The number of hydrogen-bond donors (Lipinski definition) is 4. The Kier molecular flexibility index (Phi) is 10.5. The molecule has 0 aromatic rings. The van der Waals surface area contributed by atoms with Gasteiger partial charge in [-0.2, -0.15) is 0 Å². The van der Waals surface area contributed by atoms with Crippen molar-refractivity contribution in [3.05, 3.63) is 0 Å². The number of ether oxygens (including phenoxy) is 1. The van der Waals surface area contributed by atoms with E-state index in [0.717, 1.165) is 0 Å². The molecule has 0 rings (SSSR count). The average Bonchev–Trinajstić information content (AvgIpc) is 2.04. The predicted molar refractivity (Wildman–Crippen MR) is 39.5 cm³/mol. The van der Waals surface area contributed by atoms with Gasteiger partial charge < -0.3 is 25.2 Å².